The lowest BCUT2D eigenvalue weighted by Gasteiger charge is -2.37. The smallest absolute Gasteiger partial charge is 0.456 e. The molecule has 0 radical (unpaired) electrons. The summed E-state index contributed by atoms with van der Waals surface area (Å²) in [5.41, 5.74) is 0. The predicted octanol–water partition coefficient (Wildman–Crippen LogP) is 0.728. The lowest BCUT2D eigenvalue weighted by molar-refractivity contribution is -0.162. The predicted molar refractivity (Wildman–Crippen MR) is 67.7 cm³/mol. The van der Waals surface area contributed by atoms with Gasteiger partial charge in [-0.3, -0.25) is 4.79 Å². The van der Waals surface area contributed by atoms with Crippen LogP contribution >= 0.6 is 11.8 Å². The molecule has 0 spiro atoms. The summed E-state index contributed by atoms with van der Waals surface area (Å²) in [7, 11) is 0. The topological polar surface area (TPSA) is 90.0 Å². The summed E-state index contributed by atoms with van der Waals surface area (Å²) in [6, 6.07) is -0.614. The van der Waals surface area contributed by atoms with Gasteiger partial charge in [0.15, 0.2) is 12.4 Å². The molecule has 2 atom stereocenters. The minimum Gasteiger partial charge on any atom is -0.456 e. The van der Waals surface area contributed by atoms with Gasteiger partial charge in [-0.2, -0.15) is 0 Å². The Morgan fingerprint density at radius 2 is 2.30 bits per heavy atom. The van der Waals surface area contributed by atoms with Crippen molar-refractivity contribution in [3.05, 3.63) is 22.6 Å². The second-order valence-electron chi connectivity index (χ2n) is 5.25. The zero-order chi connectivity index (χ0) is 14.5. The molecule has 1 aromatic heterocycles. The Bertz CT molecular complexity index is 617. The Balaban J connectivity index is 1.69. The summed E-state index contributed by atoms with van der Waals surface area (Å²) in [4.78, 5) is 36.1. The van der Waals surface area contributed by atoms with Crippen LogP contribution < -0.4 is 5.82 Å². The van der Waals surface area contributed by atoms with Crippen LogP contribution in [-0.4, -0.2) is 32.9 Å². The molecule has 2 aliphatic heterocycles. The molecule has 3 rings (SSSR count). The Kier molecular flexibility index (Phi) is 2.93. The van der Waals surface area contributed by atoms with Crippen molar-refractivity contribution in [1.29, 1.82) is 0 Å². The van der Waals surface area contributed by atoms with Gasteiger partial charge in [0.25, 0.3) is 0 Å². The first kappa shape index (κ1) is 13.3. The molecular formula is C12H13NO6S. The number of esters is 1. The van der Waals surface area contributed by atoms with Gasteiger partial charge < -0.3 is 18.5 Å². The summed E-state index contributed by atoms with van der Waals surface area (Å²) in [6.07, 6.45) is 1.57. The summed E-state index contributed by atoms with van der Waals surface area (Å²) in [5, 5.41) is 0.0573. The van der Waals surface area contributed by atoms with E-state index in [1.807, 2.05) is 13.8 Å². The fourth-order valence-electron chi connectivity index (χ4n) is 2.51. The van der Waals surface area contributed by atoms with E-state index in [1.165, 1.54) is 0 Å². The largest absolute Gasteiger partial charge is 0.518 e. The second-order valence-corrected chi connectivity index (χ2v) is 7.08. The van der Waals surface area contributed by atoms with Gasteiger partial charge in [0.2, 0.25) is 5.91 Å². The maximum Gasteiger partial charge on any atom is 0.518 e. The Morgan fingerprint density at radius 1 is 1.55 bits per heavy atom. The molecule has 20 heavy (non-hydrogen) atoms. The fourth-order valence-corrected chi connectivity index (χ4v) is 4.13. The number of ether oxygens (including phenoxy) is 1. The maximum absolute atomic E-state index is 12.2. The highest BCUT2D eigenvalue weighted by Gasteiger charge is 2.59. The standard InChI is InChI=1S/C12H13NO6S/c1-12(2)9(13-7(14)3-8(13)20-12)10(15)17-4-6-5-18-11(16)19-6/h5,8-9H,3-4H2,1-2H3/t8-,9+/m1/s1. The van der Waals surface area contributed by atoms with Crippen LogP contribution in [0.3, 0.4) is 0 Å². The maximum atomic E-state index is 12.2. The molecule has 7 nitrogen and oxygen atoms in total. The van der Waals surface area contributed by atoms with E-state index in [0.717, 1.165) is 6.26 Å². The number of carbonyl (C=O) groups excluding carboxylic acids is 2. The van der Waals surface area contributed by atoms with Gasteiger partial charge in [-0.25, -0.2) is 9.59 Å². The molecule has 2 fully saturated rings. The van der Waals surface area contributed by atoms with E-state index in [4.69, 9.17) is 4.74 Å². The normalized spacial score (nSPS) is 27.1. The molecule has 0 aliphatic carbocycles. The summed E-state index contributed by atoms with van der Waals surface area (Å²) in [5.74, 6) is -1.24. The van der Waals surface area contributed by atoms with E-state index < -0.39 is 22.6 Å². The molecule has 0 N–H and O–H groups in total. The molecule has 2 saturated heterocycles. The van der Waals surface area contributed by atoms with Crippen LogP contribution in [0.4, 0.5) is 0 Å². The Hall–Kier alpha value is -1.70. The SMILES string of the molecule is CC1(C)S[C@@H]2CC(=O)N2[C@H]1C(=O)OCc1coc(=O)o1. The molecule has 0 bridgehead atoms. The van der Waals surface area contributed by atoms with Gasteiger partial charge in [-0.05, 0) is 13.8 Å². The zero-order valence-corrected chi connectivity index (χ0v) is 11.8. The van der Waals surface area contributed by atoms with Gasteiger partial charge >= 0.3 is 11.8 Å². The highest BCUT2D eigenvalue weighted by Crippen LogP contribution is 2.50. The number of hydrogen-bond acceptors (Lipinski definition) is 7. The second kappa shape index (κ2) is 4.41. The molecule has 8 heteroatoms. The van der Waals surface area contributed by atoms with Crippen LogP contribution in [0.1, 0.15) is 26.0 Å². The van der Waals surface area contributed by atoms with Crippen LogP contribution in [0.5, 0.6) is 0 Å². The Morgan fingerprint density at radius 3 is 2.90 bits per heavy atom. The molecule has 0 saturated carbocycles. The van der Waals surface area contributed by atoms with E-state index in [-0.39, 0.29) is 23.6 Å². The lowest BCUT2D eigenvalue weighted by Crippen LogP contribution is -2.57. The summed E-state index contributed by atoms with van der Waals surface area (Å²) < 4.78 is 13.8. The number of amides is 1. The van der Waals surface area contributed by atoms with Crippen molar-refractivity contribution < 1.29 is 23.2 Å². The van der Waals surface area contributed by atoms with E-state index in [1.54, 1.807) is 16.7 Å². The van der Waals surface area contributed by atoms with Crippen LogP contribution in [0.25, 0.3) is 0 Å². The highest BCUT2D eigenvalue weighted by molar-refractivity contribution is 8.01. The average Bonchev–Trinajstić information content (AvgIpc) is 2.86. The van der Waals surface area contributed by atoms with Crippen LogP contribution in [0.2, 0.25) is 0 Å². The van der Waals surface area contributed by atoms with Crippen molar-refractivity contribution in [3.63, 3.8) is 0 Å². The average molecular weight is 299 g/mol. The van der Waals surface area contributed by atoms with Gasteiger partial charge in [-0.1, -0.05) is 0 Å². The van der Waals surface area contributed by atoms with Crippen molar-refractivity contribution in [2.45, 2.75) is 43.0 Å². The van der Waals surface area contributed by atoms with Crippen LogP contribution in [0.15, 0.2) is 19.9 Å². The van der Waals surface area contributed by atoms with Crippen molar-refractivity contribution in [2.24, 2.45) is 0 Å². The summed E-state index contributed by atoms with van der Waals surface area (Å²) >= 11 is 1.60. The lowest BCUT2D eigenvalue weighted by atomic mass is 9.98. The number of β-lactam (4-membered cyclic amide) rings is 1. The third-order valence-electron chi connectivity index (χ3n) is 3.40. The number of thioether (sulfide) groups is 1. The first-order valence-corrected chi connectivity index (χ1v) is 6.99. The molecule has 1 amide bonds. The van der Waals surface area contributed by atoms with E-state index >= 15 is 0 Å². The van der Waals surface area contributed by atoms with Crippen molar-refractivity contribution >= 4 is 23.6 Å². The van der Waals surface area contributed by atoms with E-state index in [0.29, 0.717) is 6.42 Å². The highest BCUT2D eigenvalue weighted by atomic mass is 32.2. The monoisotopic (exact) mass is 299 g/mol. The van der Waals surface area contributed by atoms with Gasteiger partial charge in [0.05, 0.1) is 11.8 Å². The quantitative estimate of drug-likeness (QED) is 0.600. The molecular weight excluding hydrogens is 286 g/mol. The van der Waals surface area contributed by atoms with Crippen molar-refractivity contribution in [1.82, 2.24) is 4.90 Å². The van der Waals surface area contributed by atoms with Gasteiger partial charge in [0, 0.05) is 4.75 Å². The van der Waals surface area contributed by atoms with Gasteiger partial charge in [0.1, 0.15) is 12.3 Å². The minimum atomic E-state index is -0.842. The Labute approximate surface area is 118 Å². The number of fused-ring (bicyclic) bond motifs is 1. The third-order valence-corrected chi connectivity index (χ3v) is 4.90. The number of nitrogens with zero attached hydrogens (tertiary/aromatic N) is 1. The first-order chi connectivity index (χ1) is 9.38. The number of carbonyl (C=O) groups is 2. The van der Waals surface area contributed by atoms with E-state index in [2.05, 4.69) is 8.83 Å². The van der Waals surface area contributed by atoms with Crippen LogP contribution in [-0.2, 0) is 20.9 Å². The fraction of sp³-hybridized carbons (Fsp3) is 0.583. The summed E-state index contributed by atoms with van der Waals surface area (Å²) in [6.45, 7) is 3.63. The molecule has 1 aromatic rings. The number of hydrogen-bond donors (Lipinski definition) is 0. The zero-order valence-electron chi connectivity index (χ0n) is 11.0. The van der Waals surface area contributed by atoms with Gasteiger partial charge in [-0.15, -0.1) is 11.8 Å². The van der Waals surface area contributed by atoms with E-state index in [9.17, 15) is 14.4 Å². The third kappa shape index (κ3) is 2.04. The van der Waals surface area contributed by atoms with Crippen LogP contribution in [0, 0.1) is 0 Å². The van der Waals surface area contributed by atoms with Crippen molar-refractivity contribution in [2.75, 3.05) is 0 Å². The molecule has 0 unspecified atom stereocenters. The molecule has 3 heterocycles. The molecule has 2 aliphatic rings. The minimum absolute atomic E-state index is 0.0372. The molecule has 108 valence electrons. The molecule has 0 aromatic carbocycles. The first-order valence-electron chi connectivity index (χ1n) is 6.11. The number of rotatable bonds is 3. The van der Waals surface area contributed by atoms with Crippen molar-refractivity contribution in [3.8, 4) is 0 Å².